The Balaban J connectivity index is 2.10. The second-order valence-electron chi connectivity index (χ2n) is 4.77. The van der Waals surface area contributed by atoms with E-state index in [0.29, 0.717) is 5.92 Å². The summed E-state index contributed by atoms with van der Waals surface area (Å²) in [5, 5.41) is 12.8. The highest BCUT2D eigenvalue weighted by molar-refractivity contribution is 7.09. The fraction of sp³-hybridized carbons (Fsp3) is 0.750. The SMILES string of the molecule is CC(C)C(CO)c1csc(C2CCC2)n1. The largest absolute Gasteiger partial charge is 0.396 e. The van der Waals surface area contributed by atoms with E-state index in [1.54, 1.807) is 11.3 Å². The summed E-state index contributed by atoms with van der Waals surface area (Å²) >= 11 is 1.77. The van der Waals surface area contributed by atoms with Crippen LogP contribution in [0.2, 0.25) is 0 Å². The van der Waals surface area contributed by atoms with E-state index in [0.717, 1.165) is 11.6 Å². The number of nitrogens with zero attached hydrogens (tertiary/aromatic N) is 1. The van der Waals surface area contributed by atoms with Gasteiger partial charge in [-0.2, -0.15) is 0 Å². The lowest BCUT2D eigenvalue weighted by atomic mass is 9.86. The normalized spacial score (nSPS) is 19.2. The Labute approximate surface area is 95.4 Å². The summed E-state index contributed by atoms with van der Waals surface area (Å²) in [5.41, 5.74) is 1.10. The highest BCUT2D eigenvalue weighted by Gasteiger charge is 2.24. The minimum atomic E-state index is 0.214. The summed E-state index contributed by atoms with van der Waals surface area (Å²) in [4.78, 5) is 4.68. The molecule has 3 heteroatoms. The van der Waals surface area contributed by atoms with E-state index in [4.69, 9.17) is 0 Å². The van der Waals surface area contributed by atoms with Crippen molar-refractivity contribution in [1.82, 2.24) is 4.98 Å². The number of aliphatic hydroxyl groups excluding tert-OH is 1. The zero-order valence-corrected chi connectivity index (χ0v) is 10.3. The van der Waals surface area contributed by atoms with Crippen LogP contribution in [0.5, 0.6) is 0 Å². The molecule has 2 nitrogen and oxygen atoms in total. The van der Waals surface area contributed by atoms with Crippen LogP contribution in [-0.2, 0) is 0 Å². The van der Waals surface area contributed by atoms with Crippen LogP contribution in [0, 0.1) is 5.92 Å². The minimum Gasteiger partial charge on any atom is -0.396 e. The average Bonchev–Trinajstić information content (AvgIpc) is 2.51. The quantitative estimate of drug-likeness (QED) is 0.854. The van der Waals surface area contributed by atoms with Crippen molar-refractivity contribution in [3.63, 3.8) is 0 Å². The molecule has 84 valence electrons. The van der Waals surface area contributed by atoms with Crippen molar-refractivity contribution in [2.24, 2.45) is 5.92 Å². The van der Waals surface area contributed by atoms with Crippen LogP contribution in [0.3, 0.4) is 0 Å². The number of aliphatic hydroxyl groups is 1. The van der Waals surface area contributed by atoms with E-state index in [1.807, 2.05) is 0 Å². The van der Waals surface area contributed by atoms with Gasteiger partial charge < -0.3 is 5.11 Å². The van der Waals surface area contributed by atoms with E-state index in [-0.39, 0.29) is 12.5 Å². The third-order valence-corrected chi connectivity index (χ3v) is 4.40. The molecule has 1 aromatic heterocycles. The van der Waals surface area contributed by atoms with Gasteiger partial charge in [-0.25, -0.2) is 4.98 Å². The second-order valence-corrected chi connectivity index (χ2v) is 5.66. The molecule has 0 amide bonds. The first kappa shape index (κ1) is 11.1. The molecule has 1 atom stereocenters. The smallest absolute Gasteiger partial charge is 0.0959 e. The molecule has 0 aliphatic heterocycles. The third kappa shape index (κ3) is 2.23. The van der Waals surface area contributed by atoms with Crippen molar-refractivity contribution >= 4 is 11.3 Å². The Hall–Kier alpha value is -0.410. The maximum absolute atomic E-state index is 9.33. The molecule has 0 saturated heterocycles. The summed E-state index contributed by atoms with van der Waals surface area (Å²) in [6.07, 6.45) is 3.96. The molecule has 1 fully saturated rings. The van der Waals surface area contributed by atoms with Crippen molar-refractivity contribution in [2.75, 3.05) is 6.61 Å². The molecule has 1 aromatic rings. The lowest BCUT2D eigenvalue weighted by molar-refractivity contribution is 0.235. The molecule has 1 heterocycles. The van der Waals surface area contributed by atoms with E-state index < -0.39 is 0 Å². The average molecular weight is 225 g/mol. The fourth-order valence-corrected chi connectivity index (χ4v) is 3.01. The molecule has 1 aliphatic carbocycles. The number of aromatic nitrogens is 1. The van der Waals surface area contributed by atoms with Crippen molar-refractivity contribution in [3.8, 4) is 0 Å². The fourth-order valence-electron chi connectivity index (χ4n) is 1.96. The Morgan fingerprint density at radius 3 is 2.73 bits per heavy atom. The number of rotatable bonds is 4. The molecule has 1 N–H and O–H groups in total. The summed E-state index contributed by atoms with van der Waals surface area (Å²) in [6.45, 7) is 4.50. The third-order valence-electron chi connectivity index (χ3n) is 3.38. The number of hydrogen-bond acceptors (Lipinski definition) is 3. The summed E-state index contributed by atoms with van der Waals surface area (Å²) < 4.78 is 0. The first-order valence-electron chi connectivity index (χ1n) is 5.78. The van der Waals surface area contributed by atoms with Crippen molar-refractivity contribution in [3.05, 3.63) is 16.1 Å². The van der Waals surface area contributed by atoms with Crippen LogP contribution in [0.25, 0.3) is 0 Å². The molecule has 1 aliphatic rings. The van der Waals surface area contributed by atoms with Crippen LogP contribution in [-0.4, -0.2) is 16.7 Å². The van der Waals surface area contributed by atoms with Gasteiger partial charge in [0.25, 0.3) is 0 Å². The van der Waals surface area contributed by atoms with E-state index in [1.165, 1.54) is 24.3 Å². The van der Waals surface area contributed by atoms with Crippen molar-refractivity contribution in [1.29, 1.82) is 0 Å². The summed E-state index contributed by atoms with van der Waals surface area (Å²) in [7, 11) is 0. The van der Waals surface area contributed by atoms with Crippen molar-refractivity contribution in [2.45, 2.75) is 44.9 Å². The molecule has 1 saturated carbocycles. The van der Waals surface area contributed by atoms with Gasteiger partial charge in [-0.15, -0.1) is 11.3 Å². The van der Waals surface area contributed by atoms with E-state index in [2.05, 4.69) is 24.2 Å². The summed E-state index contributed by atoms with van der Waals surface area (Å²) in [6, 6.07) is 0. The first-order valence-corrected chi connectivity index (χ1v) is 6.66. The van der Waals surface area contributed by atoms with Crippen LogP contribution >= 0.6 is 11.3 Å². The molecule has 0 bridgehead atoms. The second kappa shape index (κ2) is 4.62. The lowest BCUT2D eigenvalue weighted by Crippen LogP contribution is -2.13. The molecule has 0 aromatic carbocycles. The molecule has 15 heavy (non-hydrogen) atoms. The topological polar surface area (TPSA) is 33.1 Å². The maximum Gasteiger partial charge on any atom is 0.0959 e. The predicted molar refractivity (Wildman–Crippen MR) is 63.4 cm³/mol. The Morgan fingerprint density at radius 1 is 1.53 bits per heavy atom. The van der Waals surface area contributed by atoms with Gasteiger partial charge in [-0.3, -0.25) is 0 Å². The molecule has 2 rings (SSSR count). The molecule has 0 radical (unpaired) electrons. The Kier molecular flexibility index (Phi) is 3.42. The van der Waals surface area contributed by atoms with Crippen LogP contribution < -0.4 is 0 Å². The summed E-state index contributed by atoms with van der Waals surface area (Å²) in [5.74, 6) is 1.40. The highest BCUT2D eigenvalue weighted by Crippen LogP contribution is 2.39. The van der Waals surface area contributed by atoms with Gasteiger partial charge in [0.15, 0.2) is 0 Å². The van der Waals surface area contributed by atoms with Crippen molar-refractivity contribution < 1.29 is 5.11 Å². The minimum absolute atomic E-state index is 0.214. The lowest BCUT2D eigenvalue weighted by Gasteiger charge is -2.23. The molecular formula is C12H19NOS. The van der Waals surface area contributed by atoms with Crippen LogP contribution in [0.1, 0.15) is 55.6 Å². The number of thiazole rings is 1. The Morgan fingerprint density at radius 2 is 2.27 bits per heavy atom. The van der Waals surface area contributed by atoms with Crippen LogP contribution in [0.4, 0.5) is 0 Å². The zero-order chi connectivity index (χ0) is 10.8. The Bertz CT molecular complexity index is 317. The van der Waals surface area contributed by atoms with E-state index in [9.17, 15) is 5.11 Å². The number of hydrogen-bond donors (Lipinski definition) is 1. The van der Waals surface area contributed by atoms with Gasteiger partial charge in [0.1, 0.15) is 0 Å². The first-order chi connectivity index (χ1) is 7.22. The van der Waals surface area contributed by atoms with Gasteiger partial charge in [0.2, 0.25) is 0 Å². The maximum atomic E-state index is 9.33. The van der Waals surface area contributed by atoms with Gasteiger partial charge in [-0.05, 0) is 18.8 Å². The van der Waals surface area contributed by atoms with Gasteiger partial charge in [-0.1, -0.05) is 20.3 Å². The van der Waals surface area contributed by atoms with E-state index >= 15 is 0 Å². The van der Waals surface area contributed by atoms with Crippen LogP contribution in [0.15, 0.2) is 5.38 Å². The molecular weight excluding hydrogens is 206 g/mol. The molecule has 0 spiro atoms. The van der Waals surface area contributed by atoms with Gasteiger partial charge in [0, 0.05) is 17.2 Å². The monoisotopic (exact) mass is 225 g/mol. The van der Waals surface area contributed by atoms with Gasteiger partial charge >= 0.3 is 0 Å². The molecule has 1 unspecified atom stereocenters. The standard InChI is InChI=1S/C12H19NOS/c1-8(2)10(6-14)11-7-15-12(13-11)9-4-3-5-9/h7-10,14H,3-6H2,1-2H3. The highest BCUT2D eigenvalue weighted by atomic mass is 32.1. The predicted octanol–water partition coefficient (Wildman–Crippen LogP) is 3.14. The van der Waals surface area contributed by atoms with Gasteiger partial charge in [0.05, 0.1) is 17.3 Å². The zero-order valence-electron chi connectivity index (χ0n) is 9.44.